The van der Waals surface area contributed by atoms with Crippen LogP contribution in [0.2, 0.25) is 5.02 Å². The van der Waals surface area contributed by atoms with Crippen LogP contribution in [0.5, 0.6) is 0 Å². The van der Waals surface area contributed by atoms with Crippen LogP contribution in [0.15, 0.2) is 18.2 Å². The average molecular weight is 331 g/mol. The van der Waals surface area contributed by atoms with Gasteiger partial charge in [-0.15, -0.1) is 11.6 Å². The molecule has 1 saturated carbocycles. The Morgan fingerprint density at radius 3 is 2.76 bits per heavy atom. The molecule has 0 bridgehead atoms. The Morgan fingerprint density at radius 1 is 1.38 bits per heavy atom. The number of rotatable bonds is 5. The zero-order valence-corrected chi connectivity index (χ0v) is 12.9. The summed E-state index contributed by atoms with van der Waals surface area (Å²) in [5.74, 6) is 0.793. The molecule has 2 unspecified atom stereocenters. The van der Waals surface area contributed by atoms with Crippen LogP contribution in [-0.4, -0.2) is 23.3 Å². The van der Waals surface area contributed by atoms with Crippen molar-refractivity contribution in [2.45, 2.75) is 19.3 Å². The third kappa shape index (κ3) is 3.66. The minimum absolute atomic E-state index is 0.0791. The summed E-state index contributed by atoms with van der Waals surface area (Å²) in [7, 11) is 0. The molecule has 1 N–H and O–H groups in total. The summed E-state index contributed by atoms with van der Waals surface area (Å²) in [4.78, 5) is 22.6. The maximum atomic E-state index is 12.2. The number of carbonyl (C=O) groups excluding carboxylic acids is 1. The number of hydrogen-bond donors (Lipinski definition) is 1. The van der Waals surface area contributed by atoms with Crippen molar-refractivity contribution in [1.82, 2.24) is 5.32 Å². The van der Waals surface area contributed by atoms with Gasteiger partial charge in [-0.2, -0.15) is 0 Å². The number of nitro benzene ring substituents is 1. The molecule has 1 aliphatic rings. The second-order valence-electron chi connectivity index (χ2n) is 5.21. The lowest BCUT2D eigenvalue weighted by Crippen LogP contribution is -2.31. The molecule has 0 heterocycles. The van der Waals surface area contributed by atoms with E-state index in [9.17, 15) is 14.9 Å². The van der Waals surface area contributed by atoms with Crippen LogP contribution >= 0.6 is 23.2 Å². The Kier molecular flexibility index (Phi) is 5.42. The SMILES string of the molecule is O=C(NCC1CCCC1CCl)c1c(Cl)cccc1[N+](=O)[O-]. The van der Waals surface area contributed by atoms with E-state index in [1.165, 1.54) is 18.2 Å². The first-order chi connectivity index (χ1) is 10.0. The summed E-state index contributed by atoms with van der Waals surface area (Å²) in [5.41, 5.74) is -0.357. The molecule has 21 heavy (non-hydrogen) atoms. The Hall–Kier alpha value is -1.33. The maximum absolute atomic E-state index is 12.2. The van der Waals surface area contributed by atoms with E-state index in [4.69, 9.17) is 23.2 Å². The van der Waals surface area contributed by atoms with Gasteiger partial charge < -0.3 is 5.32 Å². The number of hydrogen-bond acceptors (Lipinski definition) is 3. The predicted molar refractivity (Wildman–Crippen MR) is 82.0 cm³/mol. The van der Waals surface area contributed by atoms with Gasteiger partial charge in [0.1, 0.15) is 5.56 Å². The van der Waals surface area contributed by atoms with E-state index >= 15 is 0 Å². The van der Waals surface area contributed by atoms with Gasteiger partial charge in [0, 0.05) is 18.5 Å². The Labute approximate surface area is 132 Å². The number of halogens is 2. The molecule has 0 saturated heterocycles. The monoisotopic (exact) mass is 330 g/mol. The molecule has 0 aromatic heterocycles. The fourth-order valence-corrected chi connectivity index (χ4v) is 3.45. The fourth-order valence-electron chi connectivity index (χ4n) is 2.79. The maximum Gasteiger partial charge on any atom is 0.283 e. The standard InChI is InChI=1S/C14H16Cl2N2O3/c15-7-9-3-1-4-10(9)8-17-14(19)13-11(16)5-2-6-12(13)18(20)21/h2,5-6,9-10H,1,3-4,7-8H2,(H,17,19). The summed E-state index contributed by atoms with van der Waals surface area (Å²) >= 11 is 11.8. The second-order valence-corrected chi connectivity index (χ2v) is 5.92. The van der Waals surface area contributed by atoms with Gasteiger partial charge in [0.05, 0.1) is 9.95 Å². The van der Waals surface area contributed by atoms with Crippen LogP contribution in [0.3, 0.4) is 0 Å². The highest BCUT2D eigenvalue weighted by atomic mass is 35.5. The van der Waals surface area contributed by atoms with E-state index in [0.29, 0.717) is 24.3 Å². The van der Waals surface area contributed by atoms with E-state index in [1.54, 1.807) is 0 Å². The molecule has 0 spiro atoms. The Balaban J connectivity index is 2.09. The molecule has 1 fully saturated rings. The Morgan fingerprint density at radius 2 is 2.10 bits per heavy atom. The zero-order chi connectivity index (χ0) is 15.4. The zero-order valence-electron chi connectivity index (χ0n) is 11.4. The third-order valence-electron chi connectivity index (χ3n) is 3.95. The van der Waals surface area contributed by atoms with E-state index in [1.807, 2.05) is 0 Å². The molecule has 1 aromatic carbocycles. The van der Waals surface area contributed by atoms with Crippen LogP contribution in [0.4, 0.5) is 5.69 Å². The average Bonchev–Trinajstić information content (AvgIpc) is 2.91. The van der Waals surface area contributed by atoms with E-state index < -0.39 is 10.8 Å². The lowest BCUT2D eigenvalue weighted by molar-refractivity contribution is -0.385. The fraction of sp³-hybridized carbons (Fsp3) is 0.500. The van der Waals surface area contributed by atoms with Gasteiger partial charge in [0.25, 0.3) is 11.6 Å². The largest absolute Gasteiger partial charge is 0.351 e. The molecule has 1 amide bonds. The van der Waals surface area contributed by atoms with Gasteiger partial charge in [-0.3, -0.25) is 14.9 Å². The summed E-state index contributed by atoms with van der Waals surface area (Å²) in [6.07, 6.45) is 3.18. The molecule has 0 radical (unpaired) electrons. The first kappa shape index (κ1) is 16.0. The van der Waals surface area contributed by atoms with Crippen LogP contribution in [-0.2, 0) is 0 Å². The van der Waals surface area contributed by atoms with E-state index in [0.717, 1.165) is 19.3 Å². The second kappa shape index (κ2) is 7.09. The van der Waals surface area contributed by atoms with Crippen molar-refractivity contribution < 1.29 is 9.72 Å². The quantitative estimate of drug-likeness (QED) is 0.509. The first-order valence-corrected chi connectivity index (χ1v) is 7.73. The molecule has 0 aliphatic heterocycles. The Bertz CT molecular complexity index is 551. The van der Waals surface area contributed by atoms with Crippen molar-refractivity contribution >= 4 is 34.8 Å². The molecular formula is C14H16Cl2N2O3. The van der Waals surface area contributed by atoms with Crippen molar-refractivity contribution in [2.75, 3.05) is 12.4 Å². The van der Waals surface area contributed by atoms with Crippen molar-refractivity contribution in [3.63, 3.8) is 0 Å². The van der Waals surface area contributed by atoms with Gasteiger partial charge >= 0.3 is 0 Å². The highest BCUT2D eigenvalue weighted by Crippen LogP contribution is 2.32. The van der Waals surface area contributed by atoms with Gasteiger partial charge in [-0.1, -0.05) is 24.1 Å². The molecule has 7 heteroatoms. The topological polar surface area (TPSA) is 72.2 Å². The van der Waals surface area contributed by atoms with Gasteiger partial charge in [0.15, 0.2) is 0 Å². The van der Waals surface area contributed by atoms with Crippen molar-refractivity contribution in [3.8, 4) is 0 Å². The number of carbonyl (C=O) groups is 1. The van der Waals surface area contributed by atoms with Crippen LogP contribution in [0, 0.1) is 22.0 Å². The van der Waals surface area contributed by atoms with Gasteiger partial charge in [-0.25, -0.2) is 0 Å². The minimum atomic E-state index is -0.599. The van der Waals surface area contributed by atoms with Gasteiger partial charge in [-0.05, 0) is 30.7 Å². The highest BCUT2D eigenvalue weighted by Gasteiger charge is 2.28. The summed E-state index contributed by atoms with van der Waals surface area (Å²) < 4.78 is 0. The molecule has 1 aliphatic carbocycles. The van der Waals surface area contributed by atoms with Crippen LogP contribution < -0.4 is 5.32 Å². The van der Waals surface area contributed by atoms with E-state index in [-0.39, 0.29) is 16.3 Å². The number of nitro groups is 1. The number of alkyl halides is 1. The molecule has 5 nitrogen and oxygen atoms in total. The predicted octanol–water partition coefficient (Wildman–Crippen LogP) is 3.63. The van der Waals surface area contributed by atoms with Crippen molar-refractivity contribution in [1.29, 1.82) is 0 Å². The number of nitrogens with zero attached hydrogens (tertiary/aromatic N) is 1. The highest BCUT2D eigenvalue weighted by molar-refractivity contribution is 6.34. The summed E-state index contributed by atoms with van der Waals surface area (Å²) in [5, 5.41) is 13.8. The molecule has 114 valence electrons. The molecule has 2 rings (SSSR count). The smallest absolute Gasteiger partial charge is 0.283 e. The minimum Gasteiger partial charge on any atom is -0.351 e. The van der Waals surface area contributed by atoms with Crippen molar-refractivity contribution in [3.05, 3.63) is 38.9 Å². The van der Waals surface area contributed by atoms with Crippen LogP contribution in [0.1, 0.15) is 29.6 Å². The molecule has 2 atom stereocenters. The lowest BCUT2D eigenvalue weighted by atomic mass is 9.98. The van der Waals surface area contributed by atoms with E-state index in [2.05, 4.69) is 5.32 Å². The van der Waals surface area contributed by atoms with Crippen molar-refractivity contribution in [2.24, 2.45) is 11.8 Å². The van der Waals surface area contributed by atoms with Gasteiger partial charge in [0.2, 0.25) is 0 Å². The summed E-state index contributed by atoms with van der Waals surface area (Å²) in [6.45, 7) is 0.471. The normalized spacial score (nSPS) is 21.2. The number of amides is 1. The molecular weight excluding hydrogens is 315 g/mol. The third-order valence-corrected chi connectivity index (χ3v) is 4.67. The first-order valence-electron chi connectivity index (χ1n) is 6.81. The number of benzene rings is 1. The summed E-state index contributed by atoms with van der Waals surface area (Å²) in [6, 6.07) is 4.20. The molecule has 1 aromatic rings. The van der Waals surface area contributed by atoms with Crippen LogP contribution in [0.25, 0.3) is 0 Å². The number of nitrogens with one attached hydrogen (secondary N) is 1. The lowest BCUT2D eigenvalue weighted by Gasteiger charge is -2.17.